The molecule has 1 saturated carbocycles. The van der Waals surface area contributed by atoms with Gasteiger partial charge in [-0.05, 0) is 25.2 Å². The van der Waals surface area contributed by atoms with Gasteiger partial charge in [0.05, 0.1) is 18.1 Å². The Morgan fingerprint density at radius 1 is 1.30 bits per heavy atom. The molecule has 0 spiro atoms. The molecular weight excluding hydrogens is 431 g/mol. The smallest absolute Gasteiger partial charge is 0.242 e. The van der Waals surface area contributed by atoms with Crippen molar-refractivity contribution in [1.82, 2.24) is 15.1 Å². The van der Waals surface area contributed by atoms with Crippen LogP contribution in [0.2, 0.25) is 0 Å². The molecule has 2 heterocycles. The van der Waals surface area contributed by atoms with E-state index in [0.717, 1.165) is 25.9 Å². The van der Waals surface area contributed by atoms with E-state index in [1.807, 2.05) is 9.80 Å². The summed E-state index contributed by atoms with van der Waals surface area (Å²) in [5, 5.41) is 3.24. The molecule has 0 aromatic heterocycles. The van der Waals surface area contributed by atoms with Crippen molar-refractivity contribution in [2.75, 3.05) is 44.7 Å². The second-order valence-corrected chi connectivity index (χ2v) is 8.67. The summed E-state index contributed by atoms with van der Waals surface area (Å²) in [7, 11) is -1.15. The van der Waals surface area contributed by atoms with Crippen LogP contribution in [0.4, 0.5) is 0 Å². The number of sulfone groups is 1. The number of nitrogens with zero attached hydrogens (tertiary/aromatic N) is 3. The molecule has 1 aliphatic carbocycles. The highest BCUT2D eigenvalue weighted by Crippen LogP contribution is 2.28. The number of carbonyl (C=O) groups excluding carboxylic acids is 1. The number of guanidine groups is 1. The SMILES string of the molecule is CN=C(NCC1CCS(=O)(=O)C1)N1CCN(C2CC2)C(=O)C1.I. The van der Waals surface area contributed by atoms with Crippen molar-refractivity contribution < 1.29 is 13.2 Å². The average molecular weight is 456 g/mol. The van der Waals surface area contributed by atoms with Crippen molar-refractivity contribution in [3.63, 3.8) is 0 Å². The van der Waals surface area contributed by atoms with Gasteiger partial charge in [0.25, 0.3) is 0 Å². The molecule has 1 N–H and O–H groups in total. The third kappa shape index (κ3) is 4.71. The zero-order chi connectivity index (χ0) is 15.7. The van der Waals surface area contributed by atoms with Gasteiger partial charge >= 0.3 is 0 Å². The first-order valence-electron chi connectivity index (χ1n) is 7.94. The van der Waals surface area contributed by atoms with Gasteiger partial charge in [-0.3, -0.25) is 9.79 Å². The van der Waals surface area contributed by atoms with Crippen LogP contribution in [0.3, 0.4) is 0 Å². The van der Waals surface area contributed by atoms with Crippen LogP contribution in [0.1, 0.15) is 19.3 Å². The van der Waals surface area contributed by atoms with E-state index in [9.17, 15) is 13.2 Å². The molecule has 0 bridgehead atoms. The molecule has 23 heavy (non-hydrogen) atoms. The Kier molecular flexibility index (Phi) is 6.15. The van der Waals surface area contributed by atoms with Crippen LogP contribution < -0.4 is 5.32 Å². The first-order chi connectivity index (χ1) is 10.5. The van der Waals surface area contributed by atoms with Crippen LogP contribution in [0.5, 0.6) is 0 Å². The fraction of sp³-hybridized carbons (Fsp3) is 0.857. The number of carbonyl (C=O) groups is 1. The second kappa shape index (κ2) is 7.54. The van der Waals surface area contributed by atoms with Crippen molar-refractivity contribution in [2.45, 2.75) is 25.3 Å². The Labute approximate surface area is 154 Å². The number of piperazine rings is 1. The van der Waals surface area contributed by atoms with Gasteiger partial charge in [0.15, 0.2) is 15.8 Å². The Balaban J connectivity index is 0.00000192. The second-order valence-electron chi connectivity index (χ2n) is 6.44. The van der Waals surface area contributed by atoms with Crippen molar-refractivity contribution in [1.29, 1.82) is 0 Å². The molecule has 0 radical (unpaired) electrons. The Morgan fingerprint density at radius 2 is 2.04 bits per heavy atom. The lowest BCUT2D eigenvalue weighted by molar-refractivity contribution is -0.135. The predicted molar refractivity (Wildman–Crippen MR) is 99.8 cm³/mol. The third-order valence-corrected chi connectivity index (χ3v) is 6.47. The molecule has 0 aromatic rings. The van der Waals surface area contributed by atoms with Gasteiger partial charge in [0.2, 0.25) is 5.91 Å². The van der Waals surface area contributed by atoms with Crippen molar-refractivity contribution in [2.24, 2.45) is 10.9 Å². The van der Waals surface area contributed by atoms with E-state index in [2.05, 4.69) is 10.3 Å². The molecule has 3 fully saturated rings. The predicted octanol–water partition coefficient (Wildman–Crippen LogP) is -0.0789. The minimum atomic E-state index is -2.85. The van der Waals surface area contributed by atoms with E-state index < -0.39 is 9.84 Å². The molecule has 0 aromatic carbocycles. The summed E-state index contributed by atoms with van der Waals surface area (Å²) in [4.78, 5) is 20.4. The highest BCUT2D eigenvalue weighted by atomic mass is 127. The molecule has 1 amide bonds. The topological polar surface area (TPSA) is 82.1 Å². The molecule has 1 unspecified atom stereocenters. The number of amides is 1. The lowest BCUT2D eigenvalue weighted by Gasteiger charge is -2.36. The lowest BCUT2D eigenvalue weighted by Crippen LogP contribution is -2.56. The fourth-order valence-electron chi connectivity index (χ4n) is 3.24. The van der Waals surface area contributed by atoms with Gasteiger partial charge < -0.3 is 15.1 Å². The van der Waals surface area contributed by atoms with Crippen LogP contribution in [-0.2, 0) is 14.6 Å². The van der Waals surface area contributed by atoms with E-state index in [-0.39, 0.29) is 47.3 Å². The van der Waals surface area contributed by atoms with E-state index in [1.54, 1.807) is 7.05 Å². The molecule has 132 valence electrons. The minimum absolute atomic E-state index is 0. The van der Waals surface area contributed by atoms with E-state index >= 15 is 0 Å². The van der Waals surface area contributed by atoms with Crippen LogP contribution in [0, 0.1) is 5.92 Å². The third-order valence-electron chi connectivity index (χ3n) is 4.63. The zero-order valence-corrected chi connectivity index (χ0v) is 16.5. The molecule has 2 saturated heterocycles. The van der Waals surface area contributed by atoms with Crippen LogP contribution >= 0.6 is 24.0 Å². The van der Waals surface area contributed by atoms with Crippen LogP contribution in [-0.4, -0.2) is 80.9 Å². The standard InChI is InChI=1S/C14H24N4O3S.HI/c1-15-14(16-8-11-4-7-22(20,21)10-11)17-5-6-18(12-2-3-12)13(19)9-17;/h11-12H,2-10H2,1H3,(H,15,16);1H. The molecule has 9 heteroatoms. The van der Waals surface area contributed by atoms with Crippen molar-refractivity contribution in [3.8, 4) is 0 Å². The monoisotopic (exact) mass is 456 g/mol. The maximum Gasteiger partial charge on any atom is 0.242 e. The van der Waals surface area contributed by atoms with E-state index in [4.69, 9.17) is 0 Å². The molecule has 1 atom stereocenters. The van der Waals surface area contributed by atoms with Gasteiger partial charge in [-0.25, -0.2) is 8.42 Å². The highest BCUT2D eigenvalue weighted by Gasteiger charge is 2.36. The summed E-state index contributed by atoms with van der Waals surface area (Å²) in [5.41, 5.74) is 0. The number of aliphatic imine (C=N–C) groups is 1. The first kappa shape index (κ1) is 18.8. The molecular formula is C14H25IN4O3S. The molecule has 3 aliphatic rings. The molecule has 2 aliphatic heterocycles. The van der Waals surface area contributed by atoms with Gasteiger partial charge in [-0.1, -0.05) is 0 Å². The maximum atomic E-state index is 12.2. The van der Waals surface area contributed by atoms with E-state index in [0.29, 0.717) is 31.5 Å². The maximum absolute atomic E-state index is 12.2. The van der Waals surface area contributed by atoms with Crippen LogP contribution in [0.25, 0.3) is 0 Å². The molecule has 7 nitrogen and oxygen atoms in total. The Hall–Kier alpha value is -0.580. The van der Waals surface area contributed by atoms with Crippen molar-refractivity contribution >= 4 is 45.7 Å². The quantitative estimate of drug-likeness (QED) is 0.365. The lowest BCUT2D eigenvalue weighted by atomic mass is 10.1. The highest BCUT2D eigenvalue weighted by molar-refractivity contribution is 14.0. The van der Waals surface area contributed by atoms with Crippen molar-refractivity contribution in [3.05, 3.63) is 0 Å². The van der Waals surface area contributed by atoms with Gasteiger partial charge in [0.1, 0.15) is 0 Å². The number of nitrogens with one attached hydrogen (secondary N) is 1. The number of halogens is 1. The van der Waals surface area contributed by atoms with Gasteiger partial charge in [0, 0.05) is 32.7 Å². The minimum Gasteiger partial charge on any atom is -0.356 e. The number of hydrogen-bond donors (Lipinski definition) is 1. The Morgan fingerprint density at radius 3 is 2.57 bits per heavy atom. The number of hydrogen-bond acceptors (Lipinski definition) is 4. The first-order valence-corrected chi connectivity index (χ1v) is 9.76. The number of rotatable bonds is 3. The summed E-state index contributed by atoms with van der Waals surface area (Å²) >= 11 is 0. The van der Waals surface area contributed by atoms with Gasteiger partial charge in [-0.2, -0.15) is 0 Å². The van der Waals surface area contributed by atoms with E-state index in [1.165, 1.54) is 0 Å². The largest absolute Gasteiger partial charge is 0.356 e. The van der Waals surface area contributed by atoms with Crippen LogP contribution in [0.15, 0.2) is 4.99 Å². The summed E-state index contributed by atoms with van der Waals surface area (Å²) in [6, 6.07) is 0.466. The fourth-order valence-corrected chi connectivity index (χ4v) is 5.10. The molecule has 3 rings (SSSR count). The summed E-state index contributed by atoms with van der Waals surface area (Å²) in [6.45, 7) is 2.49. The van der Waals surface area contributed by atoms with Gasteiger partial charge in [-0.15, -0.1) is 24.0 Å². The summed E-state index contributed by atoms with van der Waals surface area (Å²) in [6.07, 6.45) is 2.98. The average Bonchev–Trinajstić information content (AvgIpc) is 3.24. The zero-order valence-electron chi connectivity index (χ0n) is 13.4. The Bertz CT molecular complexity index is 577. The normalized spacial score (nSPS) is 27.8. The summed E-state index contributed by atoms with van der Waals surface area (Å²) < 4.78 is 23.0. The summed E-state index contributed by atoms with van der Waals surface area (Å²) in [5.74, 6) is 1.56.